The maximum absolute atomic E-state index is 3.36. The van der Waals surface area contributed by atoms with E-state index in [1.165, 1.54) is 64.6 Å². The van der Waals surface area contributed by atoms with Crippen molar-refractivity contribution >= 4 is 0 Å². The van der Waals surface area contributed by atoms with Crippen LogP contribution in [-0.2, 0) is 0 Å². The van der Waals surface area contributed by atoms with Crippen LogP contribution in [0, 0.1) is 11.8 Å². The molecule has 1 aliphatic heterocycles. The maximum Gasteiger partial charge on any atom is 0.0123 e. The van der Waals surface area contributed by atoms with Gasteiger partial charge in [0, 0.05) is 12.6 Å². The van der Waals surface area contributed by atoms with Crippen LogP contribution in [0.3, 0.4) is 0 Å². The van der Waals surface area contributed by atoms with Crippen molar-refractivity contribution in [3.8, 4) is 0 Å². The van der Waals surface area contributed by atoms with Crippen LogP contribution in [-0.4, -0.2) is 37.6 Å². The minimum atomic E-state index is 0.896. The number of nitrogens with zero attached hydrogens (tertiary/aromatic N) is 1. The summed E-state index contributed by atoms with van der Waals surface area (Å²) in [5, 5.41) is 3.36. The molecule has 2 fully saturated rings. The molecule has 2 aliphatic rings. The first-order valence-electron chi connectivity index (χ1n) is 7.73. The third kappa shape index (κ3) is 3.45. The predicted octanol–water partition coefficient (Wildman–Crippen LogP) is 2.89. The van der Waals surface area contributed by atoms with E-state index in [1.54, 1.807) is 0 Å². The van der Waals surface area contributed by atoms with Crippen molar-refractivity contribution in [2.75, 3.05) is 26.7 Å². The van der Waals surface area contributed by atoms with Crippen molar-refractivity contribution in [2.24, 2.45) is 11.8 Å². The molecule has 2 nitrogen and oxygen atoms in total. The van der Waals surface area contributed by atoms with Gasteiger partial charge in [-0.2, -0.15) is 0 Å². The standard InChI is InChI=1S/C15H30N2/c1-3-14-8-4-5-9-15(14)17-10-6-7-13(12-17)11-16-2/h13-16H,3-12H2,1-2H3. The molecular weight excluding hydrogens is 208 g/mol. The van der Waals surface area contributed by atoms with Crippen molar-refractivity contribution in [3.63, 3.8) is 0 Å². The molecule has 0 spiro atoms. The van der Waals surface area contributed by atoms with Gasteiger partial charge in [-0.1, -0.05) is 26.2 Å². The summed E-state index contributed by atoms with van der Waals surface area (Å²) < 4.78 is 0. The molecule has 1 heterocycles. The SMILES string of the molecule is CCC1CCCCC1N1CCCC(CNC)C1. The third-order valence-electron chi connectivity index (χ3n) is 4.91. The molecule has 100 valence electrons. The first kappa shape index (κ1) is 13.4. The third-order valence-corrected chi connectivity index (χ3v) is 4.91. The summed E-state index contributed by atoms with van der Waals surface area (Å²) in [6.45, 7) is 6.31. The van der Waals surface area contributed by atoms with Gasteiger partial charge >= 0.3 is 0 Å². The average molecular weight is 238 g/mol. The molecule has 2 heteroatoms. The fourth-order valence-electron chi connectivity index (χ4n) is 4.00. The largest absolute Gasteiger partial charge is 0.319 e. The van der Waals surface area contributed by atoms with E-state index in [9.17, 15) is 0 Å². The second-order valence-electron chi connectivity index (χ2n) is 6.08. The van der Waals surface area contributed by atoms with Crippen molar-refractivity contribution < 1.29 is 0 Å². The zero-order valence-corrected chi connectivity index (χ0v) is 11.8. The van der Waals surface area contributed by atoms with E-state index in [0.717, 1.165) is 17.9 Å². The number of rotatable bonds is 4. The minimum absolute atomic E-state index is 0.896. The van der Waals surface area contributed by atoms with Crippen LogP contribution in [0.15, 0.2) is 0 Å². The second kappa shape index (κ2) is 6.75. The lowest BCUT2D eigenvalue weighted by Crippen LogP contribution is -2.48. The Kier molecular flexibility index (Phi) is 5.30. The van der Waals surface area contributed by atoms with Crippen LogP contribution >= 0.6 is 0 Å². The molecule has 1 saturated carbocycles. The molecule has 0 radical (unpaired) electrons. The summed E-state index contributed by atoms with van der Waals surface area (Å²) in [6, 6.07) is 0.911. The average Bonchev–Trinajstić information content (AvgIpc) is 2.39. The Bertz CT molecular complexity index is 215. The van der Waals surface area contributed by atoms with Crippen molar-refractivity contribution in [1.82, 2.24) is 10.2 Å². The van der Waals surface area contributed by atoms with Crippen LogP contribution in [0.5, 0.6) is 0 Å². The zero-order valence-electron chi connectivity index (χ0n) is 11.8. The van der Waals surface area contributed by atoms with Gasteiger partial charge in [-0.3, -0.25) is 4.90 Å². The quantitative estimate of drug-likeness (QED) is 0.810. The van der Waals surface area contributed by atoms with Crippen LogP contribution in [0.2, 0.25) is 0 Å². The van der Waals surface area contributed by atoms with Crippen molar-refractivity contribution in [2.45, 2.75) is 57.9 Å². The molecular formula is C15H30N2. The van der Waals surface area contributed by atoms with Gasteiger partial charge in [0.05, 0.1) is 0 Å². The zero-order chi connectivity index (χ0) is 12.1. The van der Waals surface area contributed by atoms with Gasteiger partial charge in [-0.15, -0.1) is 0 Å². The summed E-state index contributed by atoms with van der Waals surface area (Å²) in [7, 11) is 2.09. The van der Waals surface area contributed by atoms with Gasteiger partial charge in [-0.05, 0) is 57.7 Å². The topological polar surface area (TPSA) is 15.3 Å². The van der Waals surface area contributed by atoms with Crippen molar-refractivity contribution in [3.05, 3.63) is 0 Å². The monoisotopic (exact) mass is 238 g/mol. The van der Waals surface area contributed by atoms with Gasteiger partial charge in [-0.25, -0.2) is 0 Å². The molecule has 17 heavy (non-hydrogen) atoms. The lowest BCUT2D eigenvalue weighted by atomic mass is 9.80. The lowest BCUT2D eigenvalue weighted by Gasteiger charge is -2.44. The Labute approximate surface area is 107 Å². The van der Waals surface area contributed by atoms with Gasteiger partial charge in [0.2, 0.25) is 0 Å². The maximum atomic E-state index is 3.36. The van der Waals surface area contributed by atoms with Crippen LogP contribution in [0.1, 0.15) is 51.9 Å². The highest BCUT2D eigenvalue weighted by Crippen LogP contribution is 2.32. The highest BCUT2D eigenvalue weighted by atomic mass is 15.2. The normalized spacial score (nSPS) is 36.0. The molecule has 1 N–H and O–H groups in total. The summed E-state index contributed by atoms with van der Waals surface area (Å²) in [4.78, 5) is 2.83. The number of nitrogens with one attached hydrogen (secondary N) is 1. The highest BCUT2D eigenvalue weighted by molar-refractivity contribution is 4.86. The van der Waals surface area contributed by atoms with Crippen LogP contribution < -0.4 is 5.32 Å². The van der Waals surface area contributed by atoms with E-state index in [1.807, 2.05) is 0 Å². The van der Waals surface area contributed by atoms with Crippen molar-refractivity contribution in [1.29, 1.82) is 0 Å². The smallest absolute Gasteiger partial charge is 0.0123 e. The molecule has 0 aromatic rings. The summed E-state index contributed by atoms with van der Waals surface area (Å²) in [6.07, 6.45) is 10.1. The second-order valence-corrected chi connectivity index (χ2v) is 6.08. The Balaban J connectivity index is 1.90. The van der Waals surface area contributed by atoms with Crippen LogP contribution in [0.4, 0.5) is 0 Å². The Hall–Kier alpha value is -0.0800. The fraction of sp³-hybridized carbons (Fsp3) is 1.00. The molecule has 1 aliphatic carbocycles. The van der Waals surface area contributed by atoms with Gasteiger partial charge < -0.3 is 5.32 Å². The number of likely N-dealkylation sites (tertiary alicyclic amines) is 1. The Morgan fingerprint density at radius 1 is 1.12 bits per heavy atom. The number of hydrogen-bond acceptors (Lipinski definition) is 2. The molecule has 2 rings (SSSR count). The van der Waals surface area contributed by atoms with E-state index >= 15 is 0 Å². The summed E-state index contributed by atoms with van der Waals surface area (Å²) in [5.74, 6) is 1.88. The van der Waals surface area contributed by atoms with E-state index < -0.39 is 0 Å². The first-order chi connectivity index (χ1) is 8.35. The Morgan fingerprint density at radius 3 is 2.71 bits per heavy atom. The predicted molar refractivity (Wildman–Crippen MR) is 74.3 cm³/mol. The Morgan fingerprint density at radius 2 is 1.94 bits per heavy atom. The van der Waals surface area contributed by atoms with E-state index in [-0.39, 0.29) is 0 Å². The van der Waals surface area contributed by atoms with Gasteiger partial charge in [0.15, 0.2) is 0 Å². The van der Waals surface area contributed by atoms with Gasteiger partial charge in [0.25, 0.3) is 0 Å². The molecule has 1 saturated heterocycles. The van der Waals surface area contributed by atoms with E-state index in [4.69, 9.17) is 0 Å². The number of piperidine rings is 1. The number of hydrogen-bond donors (Lipinski definition) is 1. The minimum Gasteiger partial charge on any atom is -0.319 e. The molecule has 0 bridgehead atoms. The highest BCUT2D eigenvalue weighted by Gasteiger charge is 2.31. The molecule has 0 amide bonds. The van der Waals surface area contributed by atoms with Crippen LogP contribution in [0.25, 0.3) is 0 Å². The van der Waals surface area contributed by atoms with Gasteiger partial charge in [0.1, 0.15) is 0 Å². The first-order valence-corrected chi connectivity index (χ1v) is 7.73. The summed E-state index contributed by atoms with van der Waals surface area (Å²) >= 11 is 0. The summed E-state index contributed by atoms with van der Waals surface area (Å²) in [5.41, 5.74) is 0. The molecule has 0 aromatic carbocycles. The molecule has 3 atom stereocenters. The lowest BCUT2D eigenvalue weighted by molar-refractivity contribution is 0.0603. The van der Waals surface area contributed by atoms with E-state index in [0.29, 0.717) is 0 Å². The van der Waals surface area contributed by atoms with E-state index in [2.05, 4.69) is 24.2 Å². The molecule has 0 aromatic heterocycles. The molecule has 3 unspecified atom stereocenters. The fourth-order valence-corrected chi connectivity index (χ4v) is 4.00.